The van der Waals surface area contributed by atoms with Gasteiger partial charge < -0.3 is 19.7 Å². The first-order valence-corrected chi connectivity index (χ1v) is 8.93. The van der Waals surface area contributed by atoms with Crippen molar-refractivity contribution in [2.45, 2.75) is 17.0 Å². The van der Waals surface area contributed by atoms with Crippen LogP contribution in [0.2, 0.25) is 0 Å². The number of amides is 1. The average Bonchev–Trinajstić information content (AvgIpc) is 2.85. The molecule has 0 saturated carbocycles. The van der Waals surface area contributed by atoms with Crippen LogP contribution < -0.4 is 5.56 Å². The van der Waals surface area contributed by atoms with E-state index in [-0.39, 0.29) is 18.7 Å². The SMILES string of the molecule is O=C(c1cnc(SCc2ccccc2)[nH]c1=O)N1CCOC[C@@H](O)C1. The number of β-amino-alcohol motifs (C(OH)–C–C–N with tert-alkyl or cyclic N) is 1. The molecule has 0 radical (unpaired) electrons. The van der Waals surface area contributed by atoms with Crippen molar-refractivity contribution < 1.29 is 14.6 Å². The van der Waals surface area contributed by atoms with Crippen molar-refractivity contribution in [2.24, 2.45) is 0 Å². The molecule has 0 unspecified atom stereocenters. The van der Waals surface area contributed by atoms with Crippen LogP contribution in [0.1, 0.15) is 15.9 Å². The molecule has 1 atom stereocenters. The third-order valence-corrected chi connectivity index (χ3v) is 4.72. The summed E-state index contributed by atoms with van der Waals surface area (Å²) in [5.41, 5.74) is 0.613. The number of aliphatic hydroxyl groups excluding tert-OH is 1. The van der Waals surface area contributed by atoms with Gasteiger partial charge in [-0.25, -0.2) is 4.98 Å². The van der Waals surface area contributed by atoms with Crippen LogP contribution in [0.25, 0.3) is 0 Å². The molecule has 1 amide bonds. The van der Waals surface area contributed by atoms with Gasteiger partial charge in [-0.1, -0.05) is 42.1 Å². The quantitative estimate of drug-likeness (QED) is 0.620. The fourth-order valence-corrected chi connectivity index (χ4v) is 3.27. The van der Waals surface area contributed by atoms with E-state index in [0.29, 0.717) is 24.1 Å². The first-order chi connectivity index (χ1) is 12.1. The second-order valence-electron chi connectivity index (χ2n) is 5.69. The molecule has 25 heavy (non-hydrogen) atoms. The van der Waals surface area contributed by atoms with Gasteiger partial charge in [-0.3, -0.25) is 9.59 Å². The summed E-state index contributed by atoms with van der Waals surface area (Å²) >= 11 is 1.40. The van der Waals surface area contributed by atoms with Crippen LogP contribution in [-0.2, 0) is 10.5 Å². The summed E-state index contributed by atoms with van der Waals surface area (Å²) in [5, 5.41) is 10.2. The molecule has 0 aliphatic carbocycles. The maximum absolute atomic E-state index is 12.5. The van der Waals surface area contributed by atoms with Crippen molar-refractivity contribution in [1.29, 1.82) is 0 Å². The van der Waals surface area contributed by atoms with E-state index in [1.807, 2.05) is 30.3 Å². The molecule has 2 aromatic rings. The number of hydrogen-bond acceptors (Lipinski definition) is 6. The number of aromatic amines is 1. The predicted molar refractivity (Wildman–Crippen MR) is 93.6 cm³/mol. The number of nitrogens with zero attached hydrogens (tertiary/aromatic N) is 2. The smallest absolute Gasteiger partial charge is 0.264 e. The third kappa shape index (κ3) is 4.68. The molecule has 132 valence electrons. The highest BCUT2D eigenvalue weighted by Crippen LogP contribution is 2.17. The highest BCUT2D eigenvalue weighted by atomic mass is 32.2. The fraction of sp³-hybridized carbons (Fsp3) is 0.353. The van der Waals surface area contributed by atoms with Gasteiger partial charge in [-0.15, -0.1) is 0 Å². The largest absolute Gasteiger partial charge is 0.389 e. The molecule has 1 aliphatic heterocycles. The van der Waals surface area contributed by atoms with Crippen LogP contribution in [0, 0.1) is 0 Å². The third-order valence-electron chi connectivity index (χ3n) is 3.76. The van der Waals surface area contributed by atoms with Gasteiger partial charge >= 0.3 is 0 Å². The molecular formula is C17H19N3O4S. The summed E-state index contributed by atoms with van der Waals surface area (Å²) in [4.78, 5) is 33.0. The maximum Gasteiger partial charge on any atom is 0.264 e. The molecule has 1 fully saturated rings. The van der Waals surface area contributed by atoms with Crippen LogP contribution >= 0.6 is 11.8 Å². The van der Waals surface area contributed by atoms with Gasteiger partial charge in [-0.2, -0.15) is 0 Å². The second kappa shape index (κ2) is 8.28. The summed E-state index contributed by atoms with van der Waals surface area (Å²) in [6.45, 7) is 0.995. The van der Waals surface area contributed by atoms with Gasteiger partial charge in [0.2, 0.25) is 0 Å². The average molecular weight is 361 g/mol. The van der Waals surface area contributed by atoms with Crippen molar-refractivity contribution in [3.05, 3.63) is 58.0 Å². The van der Waals surface area contributed by atoms with E-state index in [4.69, 9.17) is 4.74 Å². The van der Waals surface area contributed by atoms with Gasteiger partial charge in [-0.05, 0) is 5.56 Å². The minimum absolute atomic E-state index is 0.0295. The van der Waals surface area contributed by atoms with E-state index >= 15 is 0 Å². The van der Waals surface area contributed by atoms with E-state index < -0.39 is 17.6 Å². The summed E-state index contributed by atoms with van der Waals surface area (Å²) < 4.78 is 5.20. The minimum Gasteiger partial charge on any atom is -0.389 e. The van der Waals surface area contributed by atoms with Crippen LogP contribution in [0.15, 0.2) is 46.5 Å². The number of ether oxygens (including phenoxy) is 1. The monoisotopic (exact) mass is 361 g/mol. The van der Waals surface area contributed by atoms with Gasteiger partial charge in [0.05, 0.1) is 19.3 Å². The van der Waals surface area contributed by atoms with Crippen molar-refractivity contribution in [3.63, 3.8) is 0 Å². The Balaban J connectivity index is 1.68. The van der Waals surface area contributed by atoms with Gasteiger partial charge in [0.1, 0.15) is 5.56 Å². The Morgan fingerprint density at radius 1 is 1.40 bits per heavy atom. The molecule has 1 saturated heterocycles. The lowest BCUT2D eigenvalue weighted by atomic mass is 10.2. The number of hydrogen-bond donors (Lipinski definition) is 2. The van der Waals surface area contributed by atoms with E-state index in [1.165, 1.54) is 22.9 Å². The lowest BCUT2D eigenvalue weighted by Crippen LogP contribution is -2.40. The summed E-state index contributed by atoms with van der Waals surface area (Å²) in [6.07, 6.45) is 0.547. The highest BCUT2D eigenvalue weighted by molar-refractivity contribution is 7.98. The topological polar surface area (TPSA) is 95.5 Å². The van der Waals surface area contributed by atoms with E-state index in [9.17, 15) is 14.7 Å². The van der Waals surface area contributed by atoms with E-state index in [0.717, 1.165) is 5.56 Å². The number of thioether (sulfide) groups is 1. The number of aliphatic hydroxyl groups is 1. The summed E-state index contributed by atoms with van der Waals surface area (Å²) in [6, 6.07) is 9.84. The van der Waals surface area contributed by atoms with Crippen molar-refractivity contribution in [1.82, 2.24) is 14.9 Å². The Morgan fingerprint density at radius 3 is 2.96 bits per heavy atom. The lowest BCUT2D eigenvalue weighted by Gasteiger charge is -2.20. The van der Waals surface area contributed by atoms with Crippen LogP contribution in [0.3, 0.4) is 0 Å². The second-order valence-corrected chi connectivity index (χ2v) is 6.65. The zero-order chi connectivity index (χ0) is 17.6. The molecular weight excluding hydrogens is 342 g/mol. The van der Waals surface area contributed by atoms with Gasteiger partial charge in [0, 0.05) is 25.0 Å². The Labute approximate surface area is 149 Å². The van der Waals surface area contributed by atoms with Gasteiger partial charge in [0.25, 0.3) is 11.5 Å². The first-order valence-electron chi connectivity index (χ1n) is 7.94. The van der Waals surface area contributed by atoms with Crippen LogP contribution in [0.4, 0.5) is 0 Å². The Morgan fingerprint density at radius 2 is 2.20 bits per heavy atom. The van der Waals surface area contributed by atoms with Crippen molar-refractivity contribution >= 4 is 17.7 Å². The predicted octanol–water partition coefficient (Wildman–Crippen LogP) is 0.895. The molecule has 2 N–H and O–H groups in total. The first kappa shape index (κ1) is 17.7. The standard InChI is InChI=1S/C17H19N3O4S/c21-13-9-20(6-7-24-10-13)16(23)14-8-18-17(19-15(14)22)25-11-12-4-2-1-3-5-12/h1-5,8,13,21H,6-7,9-11H2,(H,18,19,22)/t13-/m0/s1. The molecule has 2 heterocycles. The molecule has 1 aromatic heterocycles. The van der Waals surface area contributed by atoms with Gasteiger partial charge in [0.15, 0.2) is 5.16 Å². The minimum atomic E-state index is -0.751. The number of nitrogens with one attached hydrogen (secondary N) is 1. The van der Waals surface area contributed by atoms with Crippen LogP contribution in [-0.4, -0.2) is 58.3 Å². The molecule has 3 rings (SSSR count). The zero-order valence-corrected chi connectivity index (χ0v) is 14.4. The Hall–Kier alpha value is -2.16. The highest BCUT2D eigenvalue weighted by Gasteiger charge is 2.24. The maximum atomic E-state index is 12.5. The number of rotatable bonds is 4. The van der Waals surface area contributed by atoms with E-state index in [1.54, 1.807) is 0 Å². The van der Waals surface area contributed by atoms with Crippen LogP contribution in [0.5, 0.6) is 0 Å². The number of carbonyl (C=O) groups is 1. The van der Waals surface area contributed by atoms with Crippen molar-refractivity contribution in [3.8, 4) is 0 Å². The van der Waals surface area contributed by atoms with Crippen molar-refractivity contribution in [2.75, 3.05) is 26.3 Å². The Bertz CT molecular complexity index is 781. The van der Waals surface area contributed by atoms with E-state index in [2.05, 4.69) is 9.97 Å². The number of H-pyrrole nitrogens is 1. The number of benzene rings is 1. The normalized spacial score (nSPS) is 18.0. The molecule has 0 spiro atoms. The lowest BCUT2D eigenvalue weighted by molar-refractivity contribution is 0.0533. The summed E-state index contributed by atoms with van der Waals surface area (Å²) in [7, 11) is 0. The molecule has 0 bridgehead atoms. The summed E-state index contributed by atoms with van der Waals surface area (Å²) in [5.74, 6) is 0.227. The fourth-order valence-electron chi connectivity index (χ4n) is 2.48. The zero-order valence-electron chi connectivity index (χ0n) is 13.6. The molecule has 1 aliphatic rings. The number of carbonyl (C=O) groups excluding carboxylic acids is 1. The Kier molecular flexibility index (Phi) is 5.85. The number of aromatic nitrogens is 2. The molecule has 7 nitrogen and oxygen atoms in total. The molecule has 8 heteroatoms. The molecule has 1 aromatic carbocycles.